The molecule has 0 rings (SSSR count). The molecule has 0 saturated carbocycles. The van der Waals surface area contributed by atoms with Crippen molar-refractivity contribution in [1.29, 1.82) is 0 Å². The number of hydrogen-bond donors (Lipinski definition) is 0. The fourth-order valence-electron chi connectivity index (χ4n) is 0.852. The summed E-state index contributed by atoms with van der Waals surface area (Å²) < 4.78 is 48.7. The summed E-state index contributed by atoms with van der Waals surface area (Å²) in [6.45, 7) is 1.82. The molecule has 0 aliphatic carbocycles. The van der Waals surface area contributed by atoms with Crippen molar-refractivity contribution in [1.82, 2.24) is 0 Å². The lowest BCUT2D eigenvalue weighted by Crippen LogP contribution is -2.20. The average molecular weight is 272 g/mol. The summed E-state index contributed by atoms with van der Waals surface area (Å²) in [6, 6.07) is 0. The van der Waals surface area contributed by atoms with Crippen molar-refractivity contribution in [3.05, 3.63) is 0 Å². The van der Waals surface area contributed by atoms with E-state index in [-0.39, 0.29) is 18.8 Å². The first-order valence-electron chi connectivity index (χ1n) is 4.70. The average Bonchev–Trinajstić information content (AvgIpc) is 2.12. The van der Waals surface area contributed by atoms with Gasteiger partial charge >= 0.3 is 5.97 Å². The van der Waals surface area contributed by atoms with Crippen LogP contribution < -0.4 is 0 Å². The SMILES string of the molecule is CCOC(=O)CCS(=O)(=O)CCS(C)(=O)=O. The van der Waals surface area contributed by atoms with Gasteiger partial charge in [0.05, 0.1) is 30.3 Å². The van der Waals surface area contributed by atoms with E-state index in [1.807, 2.05) is 0 Å². The van der Waals surface area contributed by atoms with E-state index < -0.39 is 37.1 Å². The van der Waals surface area contributed by atoms with Crippen LogP contribution in [0.3, 0.4) is 0 Å². The molecule has 16 heavy (non-hydrogen) atoms. The molecule has 0 fully saturated rings. The maximum atomic E-state index is 11.3. The molecular weight excluding hydrogens is 256 g/mol. The normalized spacial score (nSPS) is 12.4. The highest BCUT2D eigenvalue weighted by molar-refractivity contribution is 7.94. The Bertz CT molecular complexity index is 419. The maximum absolute atomic E-state index is 11.3. The second-order valence-corrected chi connectivity index (χ2v) is 7.90. The second-order valence-electron chi connectivity index (χ2n) is 3.34. The van der Waals surface area contributed by atoms with Crippen molar-refractivity contribution in [2.75, 3.05) is 30.1 Å². The topological polar surface area (TPSA) is 94.6 Å². The Morgan fingerprint density at radius 3 is 2.06 bits per heavy atom. The van der Waals surface area contributed by atoms with Gasteiger partial charge in [-0.3, -0.25) is 4.79 Å². The number of sulfone groups is 2. The number of esters is 1. The van der Waals surface area contributed by atoms with Gasteiger partial charge in [0.2, 0.25) is 0 Å². The first kappa shape index (κ1) is 15.4. The first-order valence-corrected chi connectivity index (χ1v) is 8.58. The predicted octanol–water partition coefficient (Wildman–Crippen LogP) is -0.601. The molecule has 0 aromatic carbocycles. The van der Waals surface area contributed by atoms with Gasteiger partial charge in [0.1, 0.15) is 9.84 Å². The largest absolute Gasteiger partial charge is 0.466 e. The monoisotopic (exact) mass is 272 g/mol. The second kappa shape index (κ2) is 6.19. The van der Waals surface area contributed by atoms with Crippen molar-refractivity contribution in [2.45, 2.75) is 13.3 Å². The molecule has 0 atom stereocenters. The van der Waals surface area contributed by atoms with Crippen LogP contribution in [0.4, 0.5) is 0 Å². The lowest BCUT2D eigenvalue weighted by atomic mass is 10.5. The van der Waals surface area contributed by atoms with Crippen LogP contribution in [0.2, 0.25) is 0 Å². The number of ether oxygens (including phenoxy) is 1. The Hall–Kier alpha value is -0.630. The van der Waals surface area contributed by atoms with Gasteiger partial charge in [-0.1, -0.05) is 0 Å². The summed E-state index contributed by atoms with van der Waals surface area (Å²) in [4.78, 5) is 10.9. The number of hydrogen-bond acceptors (Lipinski definition) is 6. The molecule has 0 aromatic rings. The fourth-order valence-corrected chi connectivity index (χ4v) is 3.76. The van der Waals surface area contributed by atoms with Crippen molar-refractivity contribution in [2.24, 2.45) is 0 Å². The first-order chi connectivity index (χ1) is 7.16. The molecule has 0 radical (unpaired) electrons. The van der Waals surface area contributed by atoms with Gasteiger partial charge in [-0.25, -0.2) is 16.8 Å². The van der Waals surface area contributed by atoms with Crippen molar-refractivity contribution in [3.63, 3.8) is 0 Å². The summed E-state index contributed by atoms with van der Waals surface area (Å²) in [7, 11) is -6.81. The maximum Gasteiger partial charge on any atom is 0.306 e. The molecule has 0 unspecified atom stereocenters. The number of carbonyl (C=O) groups excluding carboxylic acids is 1. The van der Waals surface area contributed by atoms with E-state index in [1.54, 1.807) is 6.92 Å². The van der Waals surface area contributed by atoms with Crippen LogP contribution in [0.15, 0.2) is 0 Å². The van der Waals surface area contributed by atoms with Crippen LogP contribution >= 0.6 is 0 Å². The van der Waals surface area contributed by atoms with E-state index in [0.717, 1.165) is 6.26 Å². The van der Waals surface area contributed by atoms with Crippen LogP contribution in [-0.4, -0.2) is 52.9 Å². The summed E-state index contributed by atoms with van der Waals surface area (Å²) in [6.07, 6.45) is 0.730. The van der Waals surface area contributed by atoms with E-state index in [2.05, 4.69) is 4.74 Å². The summed E-state index contributed by atoms with van der Waals surface area (Å²) >= 11 is 0. The third-order valence-corrected chi connectivity index (χ3v) is 4.54. The van der Waals surface area contributed by atoms with Crippen molar-refractivity contribution in [3.8, 4) is 0 Å². The third-order valence-electron chi connectivity index (χ3n) is 1.69. The van der Waals surface area contributed by atoms with Gasteiger partial charge in [0, 0.05) is 6.26 Å². The van der Waals surface area contributed by atoms with Gasteiger partial charge < -0.3 is 4.74 Å². The lowest BCUT2D eigenvalue weighted by Gasteiger charge is -2.03. The minimum absolute atomic E-state index is 0.197. The highest BCUT2D eigenvalue weighted by atomic mass is 32.2. The molecule has 0 spiro atoms. The number of carbonyl (C=O) groups is 1. The van der Waals surface area contributed by atoms with Crippen LogP contribution in [0.25, 0.3) is 0 Å². The van der Waals surface area contributed by atoms with E-state index in [9.17, 15) is 21.6 Å². The highest BCUT2D eigenvalue weighted by Gasteiger charge is 2.16. The molecule has 96 valence electrons. The lowest BCUT2D eigenvalue weighted by molar-refractivity contribution is -0.142. The third kappa shape index (κ3) is 8.66. The van der Waals surface area contributed by atoms with E-state index in [4.69, 9.17) is 0 Å². The summed E-state index contributed by atoms with van der Waals surface area (Å²) in [5, 5.41) is 0. The molecular formula is C8H16O6S2. The minimum Gasteiger partial charge on any atom is -0.466 e. The zero-order valence-electron chi connectivity index (χ0n) is 9.30. The zero-order valence-corrected chi connectivity index (χ0v) is 10.9. The van der Waals surface area contributed by atoms with Crippen LogP contribution in [0.5, 0.6) is 0 Å². The smallest absolute Gasteiger partial charge is 0.306 e. The van der Waals surface area contributed by atoms with Gasteiger partial charge in [0.15, 0.2) is 9.84 Å². The molecule has 6 nitrogen and oxygen atoms in total. The summed E-state index contributed by atoms with van der Waals surface area (Å²) in [5.74, 6) is -1.84. The fraction of sp³-hybridized carbons (Fsp3) is 0.875. The van der Waals surface area contributed by atoms with Crippen molar-refractivity contribution < 1.29 is 26.4 Å². The molecule has 8 heteroatoms. The van der Waals surface area contributed by atoms with E-state index >= 15 is 0 Å². The molecule has 0 amide bonds. The molecule has 0 saturated heterocycles. The Labute approximate surface area is 95.8 Å². The molecule has 0 aromatic heterocycles. The van der Waals surface area contributed by atoms with E-state index in [1.165, 1.54) is 0 Å². The minimum atomic E-state index is -3.51. The highest BCUT2D eigenvalue weighted by Crippen LogP contribution is 1.98. The molecule has 0 N–H and O–H groups in total. The van der Waals surface area contributed by atoms with Gasteiger partial charge in [-0.2, -0.15) is 0 Å². The van der Waals surface area contributed by atoms with Crippen LogP contribution in [0, 0.1) is 0 Å². The molecule has 0 bridgehead atoms. The number of rotatable bonds is 7. The molecule has 0 aliphatic heterocycles. The van der Waals surface area contributed by atoms with Crippen molar-refractivity contribution >= 4 is 25.6 Å². The Morgan fingerprint density at radius 1 is 1.06 bits per heavy atom. The van der Waals surface area contributed by atoms with E-state index in [0.29, 0.717) is 0 Å². The van der Waals surface area contributed by atoms with Crippen LogP contribution in [-0.2, 0) is 29.2 Å². The van der Waals surface area contributed by atoms with Gasteiger partial charge in [-0.15, -0.1) is 0 Å². The predicted molar refractivity (Wildman–Crippen MR) is 59.6 cm³/mol. The molecule has 0 aliphatic rings. The van der Waals surface area contributed by atoms with Gasteiger partial charge in [0.25, 0.3) is 0 Å². The molecule has 0 heterocycles. The zero-order chi connectivity index (χ0) is 12.8. The van der Waals surface area contributed by atoms with Gasteiger partial charge in [-0.05, 0) is 6.92 Å². The van der Waals surface area contributed by atoms with Crippen LogP contribution in [0.1, 0.15) is 13.3 Å². The Morgan fingerprint density at radius 2 is 1.62 bits per heavy atom. The Kier molecular flexibility index (Phi) is 5.95. The Balaban J connectivity index is 4.12. The summed E-state index contributed by atoms with van der Waals surface area (Å²) in [5.41, 5.74) is 0. The quantitative estimate of drug-likeness (QED) is 0.574. The standard InChI is InChI=1S/C8H16O6S2/c1-3-14-8(9)4-5-16(12,13)7-6-15(2,10)11/h3-7H2,1-2H3.